The van der Waals surface area contributed by atoms with E-state index in [-0.39, 0.29) is 6.03 Å². The molecule has 2 N–H and O–H groups in total. The molecular weight excluding hydrogens is 326 g/mol. The Kier molecular flexibility index (Phi) is 5.93. The number of hydrogen-bond donors (Lipinski definition) is 2. The van der Waals surface area contributed by atoms with Crippen molar-refractivity contribution in [3.05, 3.63) is 52.3 Å². The molecule has 2 aromatic rings. The number of carbonyl (C=O) groups excluding carboxylic acids is 1. The zero-order chi connectivity index (χ0) is 18.5. The van der Waals surface area contributed by atoms with E-state index < -0.39 is 0 Å². The van der Waals surface area contributed by atoms with Crippen molar-refractivity contribution >= 4 is 6.03 Å². The number of nitrogens with zero attached hydrogens (tertiary/aromatic N) is 3. The molecule has 2 heterocycles. The minimum absolute atomic E-state index is 0.0957. The summed E-state index contributed by atoms with van der Waals surface area (Å²) >= 11 is 0. The lowest BCUT2D eigenvalue weighted by Gasteiger charge is -2.28. The highest BCUT2D eigenvalue weighted by atomic mass is 16.2. The van der Waals surface area contributed by atoms with Crippen molar-refractivity contribution in [1.82, 2.24) is 25.3 Å². The normalized spacial score (nSPS) is 14.1. The number of aryl methyl sites for hydroxylation is 2. The van der Waals surface area contributed by atoms with Gasteiger partial charge in [-0.15, -0.1) is 0 Å². The third-order valence-electron chi connectivity index (χ3n) is 5.24. The van der Waals surface area contributed by atoms with Crippen LogP contribution in [-0.4, -0.2) is 46.9 Å². The molecule has 1 aromatic heterocycles. The van der Waals surface area contributed by atoms with E-state index >= 15 is 0 Å². The summed E-state index contributed by atoms with van der Waals surface area (Å²) in [6.07, 6.45) is 1.90. The van der Waals surface area contributed by atoms with E-state index in [0.717, 1.165) is 43.9 Å². The molecule has 140 valence electrons. The number of fused-ring (bicyclic) bond motifs is 1. The Balaban J connectivity index is 1.35. The van der Waals surface area contributed by atoms with Gasteiger partial charge in [0, 0.05) is 45.5 Å². The van der Waals surface area contributed by atoms with Gasteiger partial charge in [0.2, 0.25) is 0 Å². The third-order valence-corrected chi connectivity index (χ3v) is 5.24. The van der Waals surface area contributed by atoms with Crippen molar-refractivity contribution in [3.8, 4) is 0 Å². The highest BCUT2D eigenvalue weighted by Gasteiger charge is 2.15. The van der Waals surface area contributed by atoms with Crippen LogP contribution < -0.4 is 10.6 Å². The molecule has 0 saturated carbocycles. The Morgan fingerprint density at radius 2 is 1.88 bits per heavy atom. The molecule has 26 heavy (non-hydrogen) atoms. The van der Waals surface area contributed by atoms with E-state index in [2.05, 4.69) is 51.8 Å². The zero-order valence-electron chi connectivity index (χ0n) is 16.0. The monoisotopic (exact) mass is 355 g/mol. The average Bonchev–Trinajstić information content (AvgIpc) is 2.87. The Bertz CT molecular complexity index is 768. The first-order chi connectivity index (χ1) is 12.5. The SMILES string of the molecule is Cc1nn(C)c(C)c1CCNC(=O)NCCN1CCc2ccccc2C1. The van der Waals surface area contributed by atoms with E-state index in [1.165, 1.54) is 16.7 Å². The van der Waals surface area contributed by atoms with Gasteiger partial charge in [0.25, 0.3) is 0 Å². The average molecular weight is 355 g/mol. The summed E-state index contributed by atoms with van der Waals surface area (Å²) in [7, 11) is 1.95. The molecule has 1 aliphatic heterocycles. The number of nitrogens with one attached hydrogen (secondary N) is 2. The summed E-state index contributed by atoms with van der Waals surface area (Å²) < 4.78 is 1.89. The van der Waals surface area contributed by atoms with Crippen LogP contribution in [0.15, 0.2) is 24.3 Å². The maximum atomic E-state index is 12.0. The molecule has 0 spiro atoms. The lowest BCUT2D eigenvalue weighted by atomic mass is 10.00. The van der Waals surface area contributed by atoms with Crippen molar-refractivity contribution in [2.24, 2.45) is 7.05 Å². The van der Waals surface area contributed by atoms with Gasteiger partial charge in [0.15, 0.2) is 0 Å². The van der Waals surface area contributed by atoms with Gasteiger partial charge in [0.1, 0.15) is 0 Å². The summed E-state index contributed by atoms with van der Waals surface area (Å²) in [5, 5.41) is 10.3. The van der Waals surface area contributed by atoms with Gasteiger partial charge >= 0.3 is 6.03 Å². The van der Waals surface area contributed by atoms with Crippen molar-refractivity contribution < 1.29 is 4.79 Å². The molecule has 1 aromatic carbocycles. The van der Waals surface area contributed by atoms with Crippen LogP contribution in [-0.2, 0) is 26.4 Å². The fraction of sp³-hybridized carbons (Fsp3) is 0.500. The van der Waals surface area contributed by atoms with Gasteiger partial charge < -0.3 is 10.6 Å². The molecule has 3 rings (SSSR count). The van der Waals surface area contributed by atoms with Crippen LogP contribution in [0.4, 0.5) is 4.79 Å². The lowest BCUT2D eigenvalue weighted by molar-refractivity contribution is 0.231. The van der Waals surface area contributed by atoms with Gasteiger partial charge in [-0.25, -0.2) is 4.79 Å². The van der Waals surface area contributed by atoms with E-state index in [1.54, 1.807) is 0 Å². The molecule has 0 bridgehead atoms. The maximum Gasteiger partial charge on any atom is 0.314 e. The molecular formula is C20H29N5O. The van der Waals surface area contributed by atoms with Gasteiger partial charge in [-0.3, -0.25) is 9.58 Å². The second-order valence-corrected chi connectivity index (χ2v) is 7.00. The number of rotatable bonds is 6. The van der Waals surface area contributed by atoms with Crippen molar-refractivity contribution in [2.75, 3.05) is 26.2 Å². The zero-order valence-corrected chi connectivity index (χ0v) is 16.0. The molecule has 6 nitrogen and oxygen atoms in total. The molecule has 1 aliphatic rings. The first-order valence-electron chi connectivity index (χ1n) is 9.34. The van der Waals surface area contributed by atoms with E-state index in [9.17, 15) is 4.79 Å². The van der Waals surface area contributed by atoms with Gasteiger partial charge in [0.05, 0.1) is 5.69 Å². The smallest absolute Gasteiger partial charge is 0.314 e. The lowest BCUT2D eigenvalue weighted by Crippen LogP contribution is -2.42. The van der Waals surface area contributed by atoms with Crippen LogP contribution in [0.25, 0.3) is 0 Å². The van der Waals surface area contributed by atoms with Gasteiger partial charge in [-0.2, -0.15) is 5.10 Å². The predicted molar refractivity (Wildman–Crippen MR) is 103 cm³/mol. The number of hydrogen-bond acceptors (Lipinski definition) is 3. The first-order valence-corrected chi connectivity index (χ1v) is 9.34. The Morgan fingerprint density at radius 3 is 2.62 bits per heavy atom. The largest absolute Gasteiger partial charge is 0.338 e. The van der Waals surface area contributed by atoms with Crippen molar-refractivity contribution in [3.63, 3.8) is 0 Å². The highest BCUT2D eigenvalue weighted by Crippen LogP contribution is 2.17. The minimum atomic E-state index is -0.0957. The summed E-state index contributed by atoms with van der Waals surface area (Å²) in [4.78, 5) is 14.4. The number of aromatic nitrogens is 2. The van der Waals surface area contributed by atoms with Crippen LogP contribution in [0.1, 0.15) is 28.1 Å². The number of amides is 2. The summed E-state index contributed by atoms with van der Waals surface area (Å²) in [5.74, 6) is 0. The van der Waals surface area contributed by atoms with Crippen LogP contribution >= 0.6 is 0 Å². The van der Waals surface area contributed by atoms with Crippen LogP contribution in [0, 0.1) is 13.8 Å². The standard InChI is InChI=1S/C20H29N5O/c1-15-19(16(2)24(3)23-15)8-10-21-20(26)22-11-13-25-12-9-17-6-4-5-7-18(17)14-25/h4-7H,8-14H2,1-3H3,(H2,21,22,26). The summed E-state index contributed by atoms with van der Waals surface area (Å²) in [6, 6.07) is 8.52. The Labute approximate surface area is 155 Å². The molecule has 0 aliphatic carbocycles. The minimum Gasteiger partial charge on any atom is -0.338 e. The highest BCUT2D eigenvalue weighted by molar-refractivity contribution is 5.73. The predicted octanol–water partition coefficient (Wildman–Crippen LogP) is 1.94. The van der Waals surface area contributed by atoms with Crippen molar-refractivity contribution in [2.45, 2.75) is 33.2 Å². The van der Waals surface area contributed by atoms with E-state index in [0.29, 0.717) is 13.1 Å². The quantitative estimate of drug-likeness (QED) is 0.832. The van der Waals surface area contributed by atoms with Crippen LogP contribution in [0.3, 0.4) is 0 Å². The van der Waals surface area contributed by atoms with Crippen LogP contribution in [0.2, 0.25) is 0 Å². The number of carbonyl (C=O) groups is 1. The third kappa shape index (κ3) is 4.43. The second-order valence-electron chi connectivity index (χ2n) is 7.00. The fourth-order valence-corrected chi connectivity index (χ4v) is 3.62. The van der Waals surface area contributed by atoms with E-state index in [4.69, 9.17) is 0 Å². The van der Waals surface area contributed by atoms with Gasteiger partial charge in [-0.1, -0.05) is 24.3 Å². The summed E-state index contributed by atoms with van der Waals surface area (Å²) in [6.45, 7) is 8.27. The molecule has 0 atom stereocenters. The fourth-order valence-electron chi connectivity index (χ4n) is 3.62. The second kappa shape index (κ2) is 8.36. The van der Waals surface area contributed by atoms with Crippen molar-refractivity contribution in [1.29, 1.82) is 0 Å². The van der Waals surface area contributed by atoms with Gasteiger partial charge in [-0.05, 0) is 43.4 Å². The van der Waals surface area contributed by atoms with Crippen LogP contribution in [0.5, 0.6) is 0 Å². The first kappa shape index (κ1) is 18.5. The Hall–Kier alpha value is -2.34. The number of urea groups is 1. The topological polar surface area (TPSA) is 62.2 Å². The number of benzene rings is 1. The maximum absolute atomic E-state index is 12.0. The summed E-state index contributed by atoms with van der Waals surface area (Å²) in [5.41, 5.74) is 6.29. The Morgan fingerprint density at radius 1 is 1.15 bits per heavy atom. The molecule has 6 heteroatoms. The molecule has 0 radical (unpaired) electrons. The van der Waals surface area contributed by atoms with E-state index in [1.807, 2.05) is 18.7 Å². The molecule has 2 amide bonds. The molecule has 0 fully saturated rings. The molecule has 0 unspecified atom stereocenters. The molecule has 0 saturated heterocycles.